The number of benzene rings is 1. The number of hydrogen-bond acceptors (Lipinski definition) is 8. The van der Waals surface area contributed by atoms with E-state index < -0.39 is 0 Å². The summed E-state index contributed by atoms with van der Waals surface area (Å²) in [6.07, 6.45) is -0.312. The Bertz CT molecular complexity index is 910. The maximum atomic E-state index is 12.9. The number of aromatic nitrogens is 5. The smallest absolute Gasteiger partial charge is 0.290 e. The minimum Gasteiger partial charge on any atom is -0.483 e. The Kier molecular flexibility index (Phi) is 5.49. The predicted molar refractivity (Wildman–Crippen MR) is 91.7 cm³/mol. The van der Waals surface area contributed by atoms with Crippen LogP contribution in [0.15, 0.2) is 23.7 Å². The van der Waals surface area contributed by atoms with Gasteiger partial charge >= 0.3 is 0 Å². The van der Waals surface area contributed by atoms with Crippen LogP contribution in [0.25, 0.3) is 10.2 Å². The van der Waals surface area contributed by atoms with Crippen molar-refractivity contribution in [2.75, 3.05) is 19.7 Å². The fourth-order valence-corrected chi connectivity index (χ4v) is 3.52. The number of thiazole rings is 1. The molecule has 0 saturated carbocycles. The third kappa shape index (κ3) is 3.53. The average Bonchev–Trinajstić information content (AvgIpc) is 3.30. The van der Waals surface area contributed by atoms with Gasteiger partial charge in [0.2, 0.25) is 0 Å². The fraction of sp³-hybridized carbons (Fsp3) is 0.333. The van der Waals surface area contributed by atoms with E-state index in [1.54, 1.807) is 22.1 Å². The van der Waals surface area contributed by atoms with Crippen molar-refractivity contribution in [2.45, 2.75) is 6.10 Å². The molecule has 1 N–H and O–H groups in total. The monoisotopic (exact) mass is 376 g/mol. The van der Waals surface area contributed by atoms with Crippen LogP contribution in [0.2, 0.25) is 0 Å². The first-order valence-electron chi connectivity index (χ1n) is 7.69. The molecular formula is C15H16N6O4S. The van der Waals surface area contributed by atoms with Gasteiger partial charge in [0.25, 0.3) is 12.4 Å². The van der Waals surface area contributed by atoms with Gasteiger partial charge in [-0.15, -0.1) is 16.4 Å². The summed E-state index contributed by atoms with van der Waals surface area (Å²) in [5, 5.41) is 18.3. The first kappa shape index (κ1) is 17.9. The summed E-state index contributed by atoms with van der Waals surface area (Å²) in [4.78, 5) is 27.3. The molecule has 136 valence electrons. The number of carbonyl (C=O) groups is 2. The van der Waals surface area contributed by atoms with E-state index >= 15 is 0 Å². The highest BCUT2D eigenvalue weighted by molar-refractivity contribution is 7.17. The van der Waals surface area contributed by atoms with Gasteiger partial charge in [0.1, 0.15) is 6.10 Å². The lowest BCUT2D eigenvalue weighted by Gasteiger charge is -2.32. The molecule has 0 spiro atoms. The fourth-order valence-electron chi connectivity index (χ4n) is 2.72. The van der Waals surface area contributed by atoms with Crippen molar-refractivity contribution in [3.05, 3.63) is 35.1 Å². The van der Waals surface area contributed by atoms with Crippen molar-refractivity contribution >= 4 is 33.9 Å². The van der Waals surface area contributed by atoms with Gasteiger partial charge < -0.3 is 14.7 Å². The minimum atomic E-state index is -0.312. The van der Waals surface area contributed by atoms with Crippen molar-refractivity contribution in [2.24, 2.45) is 7.05 Å². The molecule has 11 heteroatoms. The SMILES string of the molecule is Cn1nnnc1C1CN(C(=O)c2cccc3ncsc23)CCO1.O=CO. The topological polar surface area (TPSA) is 123 Å². The molecule has 1 aromatic carbocycles. The molecule has 1 amide bonds. The number of ether oxygens (including phenoxy) is 1. The lowest BCUT2D eigenvalue weighted by Crippen LogP contribution is -2.42. The van der Waals surface area contributed by atoms with Gasteiger partial charge in [-0.3, -0.25) is 9.59 Å². The molecule has 1 atom stereocenters. The summed E-state index contributed by atoms with van der Waals surface area (Å²) < 4.78 is 8.21. The highest BCUT2D eigenvalue weighted by atomic mass is 32.1. The van der Waals surface area contributed by atoms with Crippen LogP contribution in [0.4, 0.5) is 0 Å². The Labute approximate surface area is 152 Å². The molecule has 1 unspecified atom stereocenters. The van der Waals surface area contributed by atoms with E-state index in [-0.39, 0.29) is 18.5 Å². The summed E-state index contributed by atoms with van der Waals surface area (Å²) in [5.74, 6) is 0.613. The molecular weight excluding hydrogens is 360 g/mol. The maximum absolute atomic E-state index is 12.9. The zero-order valence-electron chi connectivity index (χ0n) is 13.8. The van der Waals surface area contributed by atoms with Gasteiger partial charge in [0.05, 0.1) is 34.4 Å². The van der Waals surface area contributed by atoms with Crippen LogP contribution in [0.1, 0.15) is 22.3 Å². The number of aryl methyl sites for hydroxylation is 1. The zero-order chi connectivity index (χ0) is 18.5. The molecule has 1 aliphatic rings. The van der Waals surface area contributed by atoms with Crippen LogP contribution in [0.5, 0.6) is 0 Å². The molecule has 3 aromatic rings. The second-order valence-corrected chi connectivity index (χ2v) is 6.24. The van der Waals surface area contributed by atoms with Crippen LogP contribution in [-0.4, -0.2) is 67.3 Å². The largest absolute Gasteiger partial charge is 0.483 e. The maximum Gasteiger partial charge on any atom is 0.290 e. The van der Waals surface area contributed by atoms with Crippen molar-refractivity contribution in [1.82, 2.24) is 30.1 Å². The van der Waals surface area contributed by atoms with Crippen LogP contribution in [0, 0.1) is 0 Å². The van der Waals surface area contributed by atoms with Crippen molar-refractivity contribution in [3.63, 3.8) is 0 Å². The molecule has 0 bridgehead atoms. The molecule has 0 radical (unpaired) electrons. The van der Waals surface area contributed by atoms with E-state index in [0.717, 1.165) is 10.2 Å². The van der Waals surface area contributed by atoms with Gasteiger partial charge in [-0.25, -0.2) is 9.67 Å². The highest BCUT2D eigenvalue weighted by Crippen LogP contribution is 2.26. The molecule has 26 heavy (non-hydrogen) atoms. The van der Waals surface area contributed by atoms with Crippen LogP contribution >= 0.6 is 11.3 Å². The number of nitrogens with zero attached hydrogens (tertiary/aromatic N) is 6. The average molecular weight is 376 g/mol. The number of morpholine rings is 1. The summed E-state index contributed by atoms with van der Waals surface area (Å²) >= 11 is 1.48. The highest BCUT2D eigenvalue weighted by Gasteiger charge is 2.30. The van der Waals surface area contributed by atoms with Crippen molar-refractivity contribution in [1.29, 1.82) is 0 Å². The number of carbonyl (C=O) groups excluding carboxylic acids is 1. The Balaban J connectivity index is 0.000000613. The van der Waals surface area contributed by atoms with Gasteiger partial charge in [0.15, 0.2) is 5.82 Å². The number of fused-ring (bicyclic) bond motifs is 1. The standard InChI is InChI=1S/C14H14N6O2S.CH2O2/c1-19-13(16-17-18-19)11-7-20(5-6-22-11)14(21)9-3-2-4-10-12(9)23-8-15-10;2-1-3/h2-4,8,11H,5-7H2,1H3;1H,(H,2,3). The number of rotatable bonds is 2. The molecule has 0 aliphatic carbocycles. The second kappa shape index (κ2) is 7.97. The normalized spacial score (nSPS) is 16.8. The second-order valence-electron chi connectivity index (χ2n) is 5.38. The summed E-state index contributed by atoms with van der Waals surface area (Å²) in [7, 11) is 1.76. The third-order valence-corrected chi connectivity index (χ3v) is 4.76. The Morgan fingerprint density at radius 1 is 1.46 bits per heavy atom. The third-order valence-electron chi connectivity index (χ3n) is 3.88. The van der Waals surface area contributed by atoms with Gasteiger partial charge in [0, 0.05) is 13.6 Å². The summed E-state index contributed by atoms with van der Waals surface area (Å²) in [6, 6.07) is 5.62. The number of tetrazole rings is 1. The first-order valence-corrected chi connectivity index (χ1v) is 8.57. The van der Waals surface area contributed by atoms with Crippen LogP contribution < -0.4 is 0 Å². The molecule has 2 aromatic heterocycles. The number of amides is 1. The van der Waals surface area contributed by atoms with E-state index in [4.69, 9.17) is 14.6 Å². The van der Waals surface area contributed by atoms with Crippen LogP contribution in [-0.2, 0) is 16.6 Å². The Morgan fingerprint density at radius 2 is 2.27 bits per heavy atom. The Morgan fingerprint density at radius 3 is 3.00 bits per heavy atom. The zero-order valence-corrected chi connectivity index (χ0v) is 14.7. The van der Waals surface area contributed by atoms with Crippen molar-refractivity contribution in [3.8, 4) is 0 Å². The molecule has 1 fully saturated rings. The lowest BCUT2D eigenvalue weighted by molar-refractivity contribution is -0.122. The number of carboxylic acid groups (broad SMARTS) is 1. The summed E-state index contributed by atoms with van der Waals surface area (Å²) in [5.41, 5.74) is 3.29. The molecule has 1 aliphatic heterocycles. The van der Waals surface area contributed by atoms with E-state index in [9.17, 15) is 4.79 Å². The van der Waals surface area contributed by atoms with Crippen molar-refractivity contribution < 1.29 is 19.4 Å². The van der Waals surface area contributed by atoms with E-state index in [1.807, 2.05) is 18.2 Å². The number of hydrogen-bond donors (Lipinski definition) is 1. The van der Waals surface area contributed by atoms with Gasteiger partial charge in [-0.2, -0.15) is 0 Å². The van der Waals surface area contributed by atoms with E-state index in [2.05, 4.69) is 20.5 Å². The lowest BCUT2D eigenvalue weighted by atomic mass is 10.1. The minimum absolute atomic E-state index is 0.0109. The molecule has 1 saturated heterocycles. The quantitative estimate of drug-likeness (QED) is 0.650. The first-order chi connectivity index (χ1) is 12.7. The summed E-state index contributed by atoms with van der Waals surface area (Å²) in [6.45, 7) is 1.19. The van der Waals surface area contributed by atoms with Crippen LogP contribution in [0.3, 0.4) is 0 Å². The molecule has 10 nitrogen and oxygen atoms in total. The predicted octanol–water partition coefficient (Wildman–Crippen LogP) is 0.734. The molecule has 4 rings (SSSR count). The van der Waals surface area contributed by atoms with E-state index in [0.29, 0.717) is 31.1 Å². The van der Waals surface area contributed by atoms with Gasteiger partial charge in [-0.05, 0) is 22.6 Å². The van der Waals surface area contributed by atoms with Gasteiger partial charge in [-0.1, -0.05) is 6.07 Å². The molecule has 3 heterocycles. The van der Waals surface area contributed by atoms with E-state index in [1.165, 1.54) is 11.3 Å². The Hall–Kier alpha value is -2.92.